The van der Waals surface area contributed by atoms with Crippen molar-refractivity contribution in [3.05, 3.63) is 0 Å². The van der Waals surface area contributed by atoms with Crippen LogP contribution in [-0.4, -0.2) is 28.3 Å². The van der Waals surface area contributed by atoms with E-state index in [1.54, 1.807) is 0 Å². The van der Waals surface area contributed by atoms with Crippen LogP contribution in [0.15, 0.2) is 0 Å². The zero-order valence-corrected chi connectivity index (χ0v) is 10.5. The normalized spacial score (nSPS) is 34.3. The Bertz CT molecular complexity index is 373. The average molecular weight is 241 g/mol. The second-order valence-corrected chi connectivity index (χ2v) is 6.24. The molecule has 2 atom stereocenters. The molecule has 96 valence electrons. The van der Waals surface area contributed by atoms with Crippen molar-refractivity contribution in [2.45, 2.75) is 57.6 Å². The van der Waals surface area contributed by atoms with Gasteiger partial charge in [-0.25, -0.2) is 4.79 Å². The predicted molar refractivity (Wildman–Crippen MR) is 60.6 cm³/mol. The van der Waals surface area contributed by atoms with E-state index in [-0.39, 0.29) is 17.4 Å². The van der Waals surface area contributed by atoms with Gasteiger partial charge in [0.2, 0.25) is 0 Å². The quantitative estimate of drug-likeness (QED) is 0.791. The number of amides is 1. The summed E-state index contributed by atoms with van der Waals surface area (Å²) in [5, 5.41) is 11.7. The van der Waals surface area contributed by atoms with Crippen LogP contribution in [0.4, 0.5) is 4.79 Å². The lowest BCUT2D eigenvalue weighted by Crippen LogP contribution is -2.49. The Kier molecular flexibility index (Phi) is 2.42. The second-order valence-electron chi connectivity index (χ2n) is 6.24. The third kappa shape index (κ3) is 2.10. The fourth-order valence-corrected chi connectivity index (χ4v) is 2.84. The lowest BCUT2D eigenvalue weighted by molar-refractivity contribution is -0.139. The maximum Gasteiger partial charge on any atom is 0.408 e. The zero-order chi connectivity index (χ0) is 12.9. The van der Waals surface area contributed by atoms with Crippen LogP contribution in [0.5, 0.6) is 0 Å². The standard InChI is InChI=1S/C12H19NO4/c1-10(2,3)17-9(16)13-12-5-4-11(12,7-12)6-8(14)15/h4-7H2,1-3H3,(H,13,16)(H,14,15). The molecule has 0 radical (unpaired) electrons. The van der Waals surface area contributed by atoms with E-state index >= 15 is 0 Å². The van der Waals surface area contributed by atoms with E-state index in [0.717, 1.165) is 19.3 Å². The molecule has 0 bridgehead atoms. The van der Waals surface area contributed by atoms with Gasteiger partial charge in [0.25, 0.3) is 0 Å². The number of carboxylic acids is 1. The number of carboxylic acid groups (broad SMARTS) is 1. The topological polar surface area (TPSA) is 75.6 Å². The number of fused-ring (bicyclic) bond motifs is 1. The molecule has 0 aromatic carbocycles. The van der Waals surface area contributed by atoms with Gasteiger partial charge >= 0.3 is 12.1 Å². The molecule has 0 heterocycles. The van der Waals surface area contributed by atoms with Crippen LogP contribution < -0.4 is 5.32 Å². The van der Waals surface area contributed by atoms with Crippen LogP contribution in [0, 0.1) is 5.41 Å². The molecule has 1 amide bonds. The maximum absolute atomic E-state index is 11.6. The molecule has 0 saturated heterocycles. The number of carbonyl (C=O) groups excluding carboxylic acids is 1. The summed E-state index contributed by atoms with van der Waals surface area (Å²) < 4.78 is 5.19. The SMILES string of the molecule is CC(C)(C)OC(=O)NC12CCC1(CC(=O)O)C2. The van der Waals surface area contributed by atoms with Crippen molar-refractivity contribution in [2.75, 3.05) is 0 Å². The smallest absolute Gasteiger partial charge is 0.408 e. The molecule has 2 rings (SSSR count). The van der Waals surface area contributed by atoms with Gasteiger partial charge in [-0.2, -0.15) is 0 Å². The van der Waals surface area contributed by atoms with Crippen LogP contribution in [0.1, 0.15) is 46.5 Å². The van der Waals surface area contributed by atoms with E-state index in [0.29, 0.717) is 0 Å². The van der Waals surface area contributed by atoms with Gasteiger partial charge in [0.1, 0.15) is 5.60 Å². The number of nitrogens with one attached hydrogen (secondary N) is 1. The summed E-state index contributed by atoms with van der Waals surface area (Å²) in [6.45, 7) is 5.42. The van der Waals surface area contributed by atoms with Gasteiger partial charge < -0.3 is 15.2 Å². The highest BCUT2D eigenvalue weighted by molar-refractivity contribution is 5.73. The minimum atomic E-state index is -0.794. The number of hydrogen-bond acceptors (Lipinski definition) is 3. The largest absolute Gasteiger partial charge is 0.481 e. The molecule has 2 aliphatic rings. The molecule has 5 heteroatoms. The first-order valence-corrected chi connectivity index (χ1v) is 5.91. The molecular weight excluding hydrogens is 222 g/mol. The van der Waals surface area contributed by atoms with Gasteiger partial charge in [-0.3, -0.25) is 4.79 Å². The number of hydrogen-bond donors (Lipinski definition) is 2. The Balaban J connectivity index is 1.90. The van der Waals surface area contributed by atoms with Gasteiger partial charge in [0.05, 0.1) is 12.0 Å². The molecule has 2 unspecified atom stereocenters. The Morgan fingerprint density at radius 1 is 1.35 bits per heavy atom. The monoisotopic (exact) mass is 241 g/mol. The number of alkyl carbamates (subject to hydrolysis) is 1. The van der Waals surface area contributed by atoms with Crippen molar-refractivity contribution >= 4 is 12.1 Å². The highest BCUT2D eigenvalue weighted by Crippen LogP contribution is 2.72. The summed E-state index contributed by atoms with van der Waals surface area (Å²) in [5.74, 6) is -0.794. The maximum atomic E-state index is 11.6. The molecule has 17 heavy (non-hydrogen) atoms. The number of aliphatic carboxylic acids is 1. The highest BCUT2D eigenvalue weighted by Gasteiger charge is 2.75. The third-order valence-corrected chi connectivity index (χ3v) is 3.79. The summed E-state index contributed by atoms with van der Waals surface area (Å²) in [6, 6.07) is 0. The molecule has 0 aliphatic heterocycles. The van der Waals surface area contributed by atoms with Crippen LogP contribution >= 0.6 is 0 Å². The highest BCUT2D eigenvalue weighted by atomic mass is 16.6. The zero-order valence-electron chi connectivity index (χ0n) is 10.5. The Labute approximate surface area is 101 Å². The molecule has 2 saturated carbocycles. The molecule has 0 spiro atoms. The molecule has 0 aromatic heterocycles. The summed E-state index contributed by atoms with van der Waals surface area (Å²) >= 11 is 0. The summed E-state index contributed by atoms with van der Waals surface area (Å²) in [6.07, 6.45) is 2.22. The first kappa shape index (κ1) is 12.2. The van der Waals surface area contributed by atoms with Crippen molar-refractivity contribution < 1.29 is 19.4 Å². The summed E-state index contributed by atoms with van der Waals surface area (Å²) in [4.78, 5) is 22.4. The molecule has 2 fully saturated rings. The number of carbonyl (C=O) groups is 2. The first-order valence-electron chi connectivity index (χ1n) is 5.91. The summed E-state index contributed by atoms with van der Waals surface area (Å²) in [5.41, 5.74) is -1.02. The van der Waals surface area contributed by atoms with Gasteiger partial charge in [-0.05, 0) is 40.0 Å². The Morgan fingerprint density at radius 2 is 2.00 bits per heavy atom. The average Bonchev–Trinajstić information content (AvgIpc) is 2.48. The van der Waals surface area contributed by atoms with Crippen molar-refractivity contribution in [2.24, 2.45) is 5.41 Å². The lowest BCUT2D eigenvalue weighted by atomic mass is 9.77. The van der Waals surface area contributed by atoms with Crippen molar-refractivity contribution in [3.63, 3.8) is 0 Å². The lowest BCUT2D eigenvalue weighted by Gasteiger charge is -2.35. The number of ether oxygens (including phenoxy) is 1. The van der Waals surface area contributed by atoms with Crippen LogP contribution in [0.3, 0.4) is 0 Å². The van der Waals surface area contributed by atoms with Crippen LogP contribution in [0.2, 0.25) is 0 Å². The fourth-order valence-electron chi connectivity index (χ4n) is 2.84. The van der Waals surface area contributed by atoms with Gasteiger partial charge in [-0.15, -0.1) is 0 Å². The van der Waals surface area contributed by atoms with E-state index in [9.17, 15) is 9.59 Å². The van der Waals surface area contributed by atoms with E-state index in [2.05, 4.69) is 5.32 Å². The predicted octanol–water partition coefficient (Wildman–Crippen LogP) is 1.91. The van der Waals surface area contributed by atoms with E-state index < -0.39 is 17.7 Å². The van der Waals surface area contributed by atoms with Crippen LogP contribution in [0.25, 0.3) is 0 Å². The molecule has 0 aromatic rings. The van der Waals surface area contributed by atoms with Crippen LogP contribution in [-0.2, 0) is 9.53 Å². The fraction of sp³-hybridized carbons (Fsp3) is 0.833. The minimum absolute atomic E-state index is 0.142. The first-order chi connectivity index (χ1) is 7.68. The molecule has 2 aliphatic carbocycles. The van der Waals surface area contributed by atoms with Gasteiger partial charge in [-0.1, -0.05) is 0 Å². The van der Waals surface area contributed by atoms with Crippen molar-refractivity contribution in [1.29, 1.82) is 0 Å². The molecular formula is C12H19NO4. The van der Waals surface area contributed by atoms with Gasteiger partial charge in [0, 0.05) is 5.41 Å². The van der Waals surface area contributed by atoms with Crippen molar-refractivity contribution in [1.82, 2.24) is 5.32 Å². The molecule has 5 nitrogen and oxygen atoms in total. The molecule has 2 N–H and O–H groups in total. The minimum Gasteiger partial charge on any atom is -0.481 e. The Hall–Kier alpha value is -1.26. The third-order valence-electron chi connectivity index (χ3n) is 3.79. The van der Waals surface area contributed by atoms with Gasteiger partial charge in [0.15, 0.2) is 0 Å². The number of rotatable bonds is 3. The van der Waals surface area contributed by atoms with E-state index in [1.807, 2.05) is 20.8 Å². The Morgan fingerprint density at radius 3 is 2.41 bits per heavy atom. The van der Waals surface area contributed by atoms with E-state index in [4.69, 9.17) is 9.84 Å². The second kappa shape index (κ2) is 3.37. The van der Waals surface area contributed by atoms with E-state index in [1.165, 1.54) is 0 Å². The summed E-state index contributed by atoms with van der Waals surface area (Å²) in [7, 11) is 0. The van der Waals surface area contributed by atoms with Crippen molar-refractivity contribution in [3.8, 4) is 0 Å².